The van der Waals surface area contributed by atoms with Gasteiger partial charge in [0.15, 0.2) is 0 Å². The van der Waals surface area contributed by atoms with E-state index in [9.17, 15) is 4.79 Å². The molecule has 0 aliphatic carbocycles. The molecule has 0 aromatic carbocycles. The third kappa shape index (κ3) is 4.46. The molecule has 128 valence electrons. The van der Waals surface area contributed by atoms with Gasteiger partial charge >= 0.3 is 6.03 Å². The smallest absolute Gasteiger partial charge is 0.315 e. The van der Waals surface area contributed by atoms with Gasteiger partial charge in [-0.05, 0) is 36.1 Å². The van der Waals surface area contributed by atoms with Gasteiger partial charge in [0.2, 0.25) is 0 Å². The van der Waals surface area contributed by atoms with Crippen molar-refractivity contribution in [2.24, 2.45) is 0 Å². The fourth-order valence-corrected chi connectivity index (χ4v) is 3.31. The molecule has 2 amide bonds. The SMILES string of the molecule is CC(NC(=O)NCc1ccnc(N2CCOCC2)c1)c1cccs1. The lowest BCUT2D eigenvalue weighted by molar-refractivity contribution is 0.122. The average Bonchev–Trinajstić information content (AvgIpc) is 3.16. The first kappa shape index (κ1) is 16.7. The molecule has 3 heterocycles. The monoisotopic (exact) mass is 346 g/mol. The molecule has 1 fully saturated rings. The quantitative estimate of drug-likeness (QED) is 0.873. The zero-order chi connectivity index (χ0) is 16.8. The highest BCUT2D eigenvalue weighted by molar-refractivity contribution is 7.10. The van der Waals surface area contributed by atoms with Crippen LogP contribution in [-0.4, -0.2) is 37.3 Å². The molecule has 3 rings (SSSR count). The number of morpholine rings is 1. The predicted octanol–water partition coefficient (Wildman–Crippen LogP) is 2.54. The Morgan fingerprint density at radius 1 is 1.42 bits per heavy atom. The maximum Gasteiger partial charge on any atom is 0.315 e. The van der Waals surface area contributed by atoms with E-state index in [0.29, 0.717) is 6.54 Å². The first-order valence-electron chi connectivity index (χ1n) is 8.08. The summed E-state index contributed by atoms with van der Waals surface area (Å²) in [5.41, 5.74) is 1.03. The Balaban J connectivity index is 1.51. The number of urea groups is 1. The molecule has 6 nitrogen and oxygen atoms in total. The predicted molar refractivity (Wildman–Crippen MR) is 95.4 cm³/mol. The summed E-state index contributed by atoms with van der Waals surface area (Å²) >= 11 is 1.64. The summed E-state index contributed by atoms with van der Waals surface area (Å²) in [5, 5.41) is 7.86. The van der Waals surface area contributed by atoms with E-state index in [1.54, 1.807) is 17.5 Å². The Morgan fingerprint density at radius 3 is 3.00 bits per heavy atom. The van der Waals surface area contributed by atoms with Crippen LogP contribution in [0.4, 0.5) is 10.6 Å². The van der Waals surface area contributed by atoms with Gasteiger partial charge in [-0.3, -0.25) is 0 Å². The van der Waals surface area contributed by atoms with Gasteiger partial charge in [-0.1, -0.05) is 6.07 Å². The molecule has 2 aromatic heterocycles. The summed E-state index contributed by atoms with van der Waals surface area (Å²) in [6.45, 7) is 5.61. The Bertz CT molecular complexity index is 656. The number of pyridine rings is 1. The van der Waals surface area contributed by atoms with Gasteiger partial charge in [-0.15, -0.1) is 11.3 Å². The molecule has 1 aliphatic heterocycles. The molecule has 0 radical (unpaired) electrons. The Kier molecular flexibility index (Phi) is 5.66. The molecule has 1 aliphatic rings. The summed E-state index contributed by atoms with van der Waals surface area (Å²) in [6, 6.07) is 7.79. The Morgan fingerprint density at radius 2 is 2.25 bits per heavy atom. The molecule has 2 aromatic rings. The van der Waals surface area contributed by atoms with Crippen molar-refractivity contribution in [3.63, 3.8) is 0 Å². The number of rotatable bonds is 5. The molecule has 1 saturated heterocycles. The summed E-state index contributed by atoms with van der Waals surface area (Å²) in [7, 11) is 0. The third-order valence-corrected chi connectivity index (χ3v) is 4.97. The van der Waals surface area contributed by atoms with Crippen molar-refractivity contribution in [1.29, 1.82) is 0 Å². The van der Waals surface area contributed by atoms with Crippen LogP contribution in [-0.2, 0) is 11.3 Å². The lowest BCUT2D eigenvalue weighted by atomic mass is 10.2. The highest BCUT2D eigenvalue weighted by atomic mass is 32.1. The molecular weight excluding hydrogens is 324 g/mol. The van der Waals surface area contributed by atoms with E-state index >= 15 is 0 Å². The van der Waals surface area contributed by atoms with Crippen LogP contribution in [0.1, 0.15) is 23.4 Å². The van der Waals surface area contributed by atoms with Crippen LogP contribution in [0.15, 0.2) is 35.8 Å². The fourth-order valence-electron chi connectivity index (χ4n) is 2.57. The number of nitrogens with zero attached hydrogens (tertiary/aromatic N) is 2. The molecule has 0 saturated carbocycles. The lowest BCUT2D eigenvalue weighted by Gasteiger charge is -2.28. The van der Waals surface area contributed by atoms with Crippen LogP contribution in [0.3, 0.4) is 0 Å². The zero-order valence-electron chi connectivity index (χ0n) is 13.7. The second kappa shape index (κ2) is 8.12. The number of amides is 2. The topological polar surface area (TPSA) is 66.5 Å². The van der Waals surface area contributed by atoms with E-state index in [1.807, 2.05) is 36.6 Å². The Labute approximate surface area is 145 Å². The standard InChI is InChI=1S/C17H22N4O2S/c1-13(15-3-2-10-24-15)20-17(22)19-12-14-4-5-18-16(11-14)21-6-8-23-9-7-21/h2-5,10-11,13H,6-9,12H2,1H3,(H2,19,20,22). The number of carbonyl (C=O) groups is 1. The number of aromatic nitrogens is 1. The van der Waals surface area contributed by atoms with Crippen molar-refractivity contribution < 1.29 is 9.53 Å². The van der Waals surface area contributed by atoms with Crippen molar-refractivity contribution in [2.45, 2.75) is 19.5 Å². The number of anilines is 1. The largest absolute Gasteiger partial charge is 0.378 e. The highest BCUT2D eigenvalue weighted by Gasteiger charge is 2.13. The molecule has 0 bridgehead atoms. The normalized spacial score (nSPS) is 15.8. The maximum absolute atomic E-state index is 12.0. The summed E-state index contributed by atoms with van der Waals surface area (Å²) in [4.78, 5) is 19.8. The minimum absolute atomic E-state index is 0.00588. The van der Waals surface area contributed by atoms with Crippen molar-refractivity contribution in [2.75, 3.05) is 31.2 Å². The number of ether oxygens (including phenoxy) is 1. The second-order valence-electron chi connectivity index (χ2n) is 5.69. The minimum Gasteiger partial charge on any atom is -0.378 e. The van der Waals surface area contributed by atoms with E-state index in [0.717, 1.165) is 42.6 Å². The van der Waals surface area contributed by atoms with E-state index in [4.69, 9.17) is 4.74 Å². The summed E-state index contributed by atoms with van der Waals surface area (Å²) in [5.74, 6) is 0.935. The zero-order valence-corrected chi connectivity index (χ0v) is 14.5. The van der Waals surface area contributed by atoms with Crippen molar-refractivity contribution >= 4 is 23.2 Å². The van der Waals surface area contributed by atoms with Gasteiger partial charge in [0.1, 0.15) is 5.82 Å². The van der Waals surface area contributed by atoms with Crippen LogP contribution in [0.5, 0.6) is 0 Å². The number of hydrogen-bond acceptors (Lipinski definition) is 5. The van der Waals surface area contributed by atoms with Gasteiger partial charge in [0.25, 0.3) is 0 Å². The molecule has 1 atom stereocenters. The van der Waals surface area contributed by atoms with Crippen LogP contribution in [0.25, 0.3) is 0 Å². The van der Waals surface area contributed by atoms with Gasteiger partial charge in [-0.25, -0.2) is 9.78 Å². The number of carbonyl (C=O) groups excluding carboxylic acids is 1. The lowest BCUT2D eigenvalue weighted by Crippen LogP contribution is -2.37. The van der Waals surface area contributed by atoms with E-state index in [1.165, 1.54) is 0 Å². The summed E-state index contributed by atoms with van der Waals surface area (Å²) < 4.78 is 5.36. The number of hydrogen-bond donors (Lipinski definition) is 2. The summed E-state index contributed by atoms with van der Waals surface area (Å²) in [6.07, 6.45) is 1.79. The Hall–Kier alpha value is -2.12. The fraction of sp³-hybridized carbons (Fsp3) is 0.412. The van der Waals surface area contributed by atoms with E-state index in [2.05, 4.69) is 20.5 Å². The van der Waals surface area contributed by atoms with Crippen LogP contribution in [0, 0.1) is 0 Å². The second-order valence-corrected chi connectivity index (χ2v) is 6.67. The van der Waals surface area contributed by atoms with Crippen molar-refractivity contribution in [3.05, 3.63) is 46.3 Å². The number of nitrogens with one attached hydrogen (secondary N) is 2. The van der Waals surface area contributed by atoms with Gasteiger partial charge in [0.05, 0.1) is 19.3 Å². The van der Waals surface area contributed by atoms with Crippen LogP contribution in [0.2, 0.25) is 0 Å². The molecule has 2 N–H and O–H groups in total. The first-order valence-corrected chi connectivity index (χ1v) is 8.96. The first-order chi connectivity index (χ1) is 11.7. The highest BCUT2D eigenvalue weighted by Crippen LogP contribution is 2.18. The minimum atomic E-state index is -0.166. The van der Waals surface area contributed by atoms with Crippen molar-refractivity contribution in [1.82, 2.24) is 15.6 Å². The molecule has 1 unspecified atom stereocenters. The van der Waals surface area contributed by atoms with Crippen LogP contribution >= 0.6 is 11.3 Å². The molecule has 7 heteroatoms. The number of thiophene rings is 1. The average molecular weight is 346 g/mol. The van der Waals surface area contributed by atoms with E-state index in [-0.39, 0.29) is 12.1 Å². The van der Waals surface area contributed by atoms with Gasteiger partial charge < -0.3 is 20.3 Å². The molecule has 24 heavy (non-hydrogen) atoms. The van der Waals surface area contributed by atoms with Crippen molar-refractivity contribution in [3.8, 4) is 0 Å². The third-order valence-electron chi connectivity index (χ3n) is 3.92. The molecular formula is C17H22N4O2S. The maximum atomic E-state index is 12.0. The molecule has 0 spiro atoms. The van der Waals surface area contributed by atoms with Gasteiger partial charge in [-0.2, -0.15) is 0 Å². The van der Waals surface area contributed by atoms with Gasteiger partial charge in [0, 0.05) is 30.7 Å². The van der Waals surface area contributed by atoms with Crippen LogP contribution < -0.4 is 15.5 Å². The van der Waals surface area contributed by atoms with E-state index < -0.39 is 0 Å².